The highest BCUT2D eigenvalue weighted by Crippen LogP contribution is 2.22. The van der Waals surface area contributed by atoms with Crippen LogP contribution in [0.25, 0.3) is 11.0 Å². The fourth-order valence-corrected chi connectivity index (χ4v) is 3.57. The molecular weight excluding hydrogens is 314 g/mol. The van der Waals surface area contributed by atoms with Gasteiger partial charge in [-0.25, -0.2) is 0 Å². The fraction of sp³-hybridized carbons (Fsp3) is 0.188. The van der Waals surface area contributed by atoms with Gasteiger partial charge < -0.3 is 5.32 Å². The molecule has 1 amide bonds. The van der Waals surface area contributed by atoms with Crippen LogP contribution in [0.2, 0.25) is 0 Å². The van der Waals surface area contributed by atoms with Gasteiger partial charge in [-0.2, -0.15) is 8.75 Å². The monoisotopic (exact) mass is 329 g/mol. The third-order valence-electron chi connectivity index (χ3n) is 3.31. The van der Waals surface area contributed by atoms with Crippen molar-refractivity contribution < 1.29 is 4.79 Å². The van der Waals surface area contributed by atoms with Crippen molar-refractivity contribution in [2.45, 2.75) is 12.7 Å². The number of anilines is 1. The summed E-state index contributed by atoms with van der Waals surface area (Å²) in [7, 11) is 0. The lowest BCUT2D eigenvalue weighted by atomic mass is 10.1. The average Bonchev–Trinajstić information content (AvgIpc) is 2.99. The van der Waals surface area contributed by atoms with E-state index in [-0.39, 0.29) is 5.91 Å². The van der Waals surface area contributed by atoms with Gasteiger partial charge in [0.25, 0.3) is 0 Å². The number of amides is 1. The maximum Gasteiger partial charge on any atom is 0.234 e. The zero-order chi connectivity index (χ0) is 15.4. The summed E-state index contributed by atoms with van der Waals surface area (Å²) in [6.45, 7) is 2.09. The van der Waals surface area contributed by atoms with Gasteiger partial charge in [-0.05, 0) is 30.2 Å². The Labute approximate surface area is 137 Å². The second-order valence-corrected chi connectivity index (χ2v) is 6.42. The van der Waals surface area contributed by atoms with Crippen molar-refractivity contribution in [3.63, 3.8) is 0 Å². The van der Waals surface area contributed by atoms with Gasteiger partial charge in [-0.1, -0.05) is 30.3 Å². The van der Waals surface area contributed by atoms with Crippen molar-refractivity contribution in [2.75, 3.05) is 11.1 Å². The minimum absolute atomic E-state index is 0.0147. The van der Waals surface area contributed by atoms with E-state index in [4.69, 9.17) is 0 Å². The van der Waals surface area contributed by atoms with Gasteiger partial charge in [0.2, 0.25) is 5.91 Å². The number of rotatable bonds is 5. The van der Waals surface area contributed by atoms with Gasteiger partial charge in [0, 0.05) is 5.75 Å². The summed E-state index contributed by atoms with van der Waals surface area (Å²) in [4.78, 5) is 12.1. The van der Waals surface area contributed by atoms with E-state index in [9.17, 15) is 4.79 Å². The zero-order valence-corrected chi connectivity index (χ0v) is 13.7. The number of carbonyl (C=O) groups is 1. The van der Waals surface area contributed by atoms with Crippen molar-refractivity contribution in [2.24, 2.45) is 0 Å². The number of hydrogen-bond acceptors (Lipinski definition) is 5. The lowest BCUT2D eigenvalue weighted by Crippen LogP contribution is -2.14. The Kier molecular flexibility index (Phi) is 4.70. The molecule has 3 aromatic rings. The van der Waals surface area contributed by atoms with Crippen LogP contribution < -0.4 is 5.32 Å². The van der Waals surface area contributed by atoms with Crippen molar-refractivity contribution in [3.05, 3.63) is 53.6 Å². The van der Waals surface area contributed by atoms with E-state index < -0.39 is 0 Å². The summed E-state index contributed by atoms with van der Waals surface area (Å²) in [5, 5.41) is 2.92. The van der Waals surface area contributed by atoms with Crippen LogP contribution in [0.1, 0.15) is 11.1 Å². The maximum absolute atomic E-state index is 12.1. The lowest BCUT2D eigenvalue weighted by molar-refractivity contribution is -0.113. The van der Waals surface area contributed by atoms with Crippen molar-refractivity contribution in [1.29, 1.82) is 0 Å². The van der Waals surface area contributed by atoms with E-state index in [0.29, 0.717) is 5.75 Å². The van der Waals surface area contributed by atoms with E-state index in [1.807, 2.05) is 30.3 Å². The van der Waals surface area contributed by atoms with E-state index >= 15 is 0 Å². The first-order valence-electron chi connectivity index (χ1n) is 6.87. The summed E-state index contributed by atoms with van der Waals surface area (Å²) in [6.07, 6.45) is 0. The molecule has 0 atom stereocenters. The number of aryl methyl sites for hydroxylation is 1. The molecule has 4 nitrogen and oxygen atoms in total. The Hall–Kier alpha value is -1.92. The number of nitrogens with zero attached hydrogens (tertiary/aromatic N) is 2. The summed E-state index contributed by atoms with van der Waals surface area (Å²) in [6, 6.07) is 13.9. The number of nitrogens with one attached hydrogen (secondary N) is 1. The number of thioether (sulfide) groups is 1. The molecule has 1 N–H and O–H groups in total. The fourth-order valence-electron chi connectivity index (χ4n) is 2.12. The molecule has 0 aliphatic heterocycles. The summed E-state index contributed by atoms with van der Waals surface area (Å²) in [5.41, 5.74) is 4.83. The molecule has 0 fully saturated rings. The van der Waals surface area contributed by atoms with Crippen LogP contribution in [-0.4, -0.2) is 20.4 Å². The first-order chi connectivity index (χ1) is 10.7. The highest BCUT2D eigenvalue weighted by Gasteiger charge is 2.09. The molecule has 22 heavy (non-hydrogen) atoms. The molecule has 1 heterocycles. The molecule has 112 valence electrons. The van der Waals surface area contributed by atoms with Crippen LogP contribution in [0.4, 0.5) is 5.69 Å². The molecule has 0 spiro atoms. The van der Waals surface area contributed by atoms with E-state index in [1.54, 1.807) is 11.8 Å². The number of aromatic nitrogens is 2. The first kappa shape index (κ1) is 15.0. The van der Waals surface area contributed by atoms with Crippen LogP contribution in [0.15, 0.2) is 42.5 Å². The molecule has 0 unspecified atom stereocenters. The standard InChI is InChI=1S/C16H15N3OS2/c1-11-5-2-3-6-12(11)9-21-10-15(20)17-13-7-4-8-14-16(13)19-22-18-14/h2-8H,9-10H2,1H3,(H,17,20). The number of hydrogen-bond donors (Lipinski definition) is 1. The minimum Gasteiger partial charge on any atom is -0.323 e. The lowest BCUT2D eigenvalue weighted by Gasteiger charge is -2.07. The molecule has 6 heteroatoms. The molecule has 3 rings (SSSR count). The van der Waals surface area contributed by atoms with Crippen LogP contribution in [-0.2, 0) is 10.5 Å². The maximum atomic E-state index is 12.1. The Morgan fingerprint density at radius 3 is 2.91 bits per heavy atom. The molecule has 0 saturated carbocycles. The number of fused-ring (bicyclic) bond motifs is 1. The van der Waals surface area contributed by atoms with E-state index in [2.05, 4.69) is 33.1 Å². The molecule has 0 radical (unpaired) electrons. The van der Waals surface area contributed by atoms with Crippen LogP contribution in [0.5, 0.6) is 0 Å². The molecule has 0 bridgehead atoms. The predicted octanol–water partition coefficient (Wildman–Crippen LogP) is 3.87. The number of carbonyl (C=O) groups excluding carboxylic acids is 1. The van der Waals surface area contributed by atoms with Crippen molar-refractivity contribution in [3.8, 4) is 0 Å². The quantitative estimate of drug-likeness (QED) is 0.772. The van der Waals surface area contributed by atoms with E-state index in [0.717, 1.165) is 34.2 Å². The molecular formula is C16H15N3OS2. The normalized spacial score (nSPS) is 10.8. The van der Waals surface area contributed by atoms with Gasteiger partial charge in [-0.3, -0.25) is 4.79 Å². The Balaban J connectivity index is 1.57. The smallest absolute Gasteiger partial charge is 0.234 e. The molecule has 0 aliphatic rings. The predicted molar refractivity (Wildman–Crippen MR) is 93.4 cm³/mol. The third-order valence-corrected chi connectivity index (χ3v) is 4.84. The second kappa shape index (κ2) is 6.89. The first-order valence-corrected chi connectivity index (χ1v) is 8.76. The number of benzene rings is 2. The van der Waals surface area contributed by atoms with Crippen LogP contribution in [0, 0.1) is 6.92 Å². The highest BCUT2D eigenvalue weighted by atomic mass is 32.2. The minimum atomic E-state index is -0.0147. The van der Waals surface area contributed by atoms with Crippen LogP contribution in [0.3, 0.4) is 0 Å². The van der Waals surface area contributed by atoms with Gasteiger partial charge >= 0.3 is 0 Å². The highest BCUT2D eigenvalue weighted by molar-refractivity contribution is 7.99. The Bertz CT molecular complexity index is 801. The molecule has 0 saturated heterocycles. The van der Waals surface area contributed by atoms with Crippen molar-refractivity contribution >= 4 is 46.1 Å². The van der Waals surface area contributed by atoms with Gasteiger partial charge in [0.1, 0.15) is 11.0 Å². The van der Waals surface area contributed by atoms with Crippen molar-refractivity contribution in [1.82, 2.24) is 8.75 Å². The van der Waals surface area contributed by atoms with Gasteiger partial charge in [0.05, 0.1) is 23.2 Å². The molecule has 1 aromatic heterocycles. The van der Waals surface area contributed by atoms with Gasteiger partial charge in [-0.15, -0.1) is 11.8 Å². The summed E-state index contributed by atoms with van der Waals surface area (Å²) >= 11 is 2.76. The largest absolute Gasteiger partial charge is 0.323 e. The summed E-state index contributed by atoms with van der Waals surface area (Å²) in [5.74, 6) is 1.24. The molecule has 0 aliphatic carbocycles. The Morgan fingerprint density at radius 2 is 2.05 bits per heavy atom. The summed E-state index contributed by atoms with van der Waals surface area (Å²) < 4.78 is 8.39. The van der Waals surface area contributed by atoms with Gasteiger partial charge in [0.15, 0.2) is 0 Å². The molecule has 2 aromatic carbocycles. The van der Waals surface area contributed by atoms with Crippen LogP contribution >= 0.6 is 23.5 Å². The average molecular weight is 329 g/mol. The third kappa shape index (κ3) is 3.45. The second-order valence-electron chi connectivity index (χ2n) is 4.90. The SMILES string of the molecule is Cc1ccccc1CSCC(=O)Nc1cccc2nsnc12. The Morgan fingerprint density at radius 1 is 1.18 bits per heavy atom. The van der Waals surface area contributed by atoms with E-state index in [1.165, 1.54) is 11.1 Å². The topological polar surface area (TPSA) is 54.9 Å². The zero-order valence-electron chi connectivity index (χ0n) is 12.1.